The van der Waals surface area contributed by atoms with Crippen LogP contribution in [0.3, 0.4) is 0 Å². The van der Waals surface area contributed by atoms with E-state index in [0.717, 1.165) is 12.8 Å². The summed E-state index contributed by atoms with van der Waals surface area (Å²) < 4.78 is 5.44. The summed E-state index contributed by atoms with van der Waals surface area (Å²) in [5.41, 5.74) is 6.32. The van der Waals surface area contributed by atoms with Gasteiger partial charge in [0.15, 0.2) is 24.1 Å². The molecule has 0 radical (unpaired) electrons. The Labute approximate surface area is 122 Å². The zero-order valence-corrected chi connectivity index (χ0v) is 12.1. The minimum atomic E-state index is -0.675. The molecular formula is C13H19N5O3. The molecule has 2 rings (SSSR count). The third-order valence-electron chi connectivity index (χ3n) is 3.05. The fourth-order valence-electron chi connectivity index (χ4n) is 2.04. The quantitative estimate of drug-likeness (QED) is 0.555. The summed E-state index contributed by atoms with van der Waals surface area (Å²) in [7, 11) is 0. The van der Waals surface area contributed by atoms with Crippen LogP contribution in [-0.4, -0.2) is 41.4 Å². The molecule has 0 amide bonds. The number of fused-ring (bicyclic) bond motifs is 1. The average Bonchev–Trinajstić information content (AvgIpc) is 2.77. The van der Waals surface area contributed by atoms with Crippen LogP contribution in [0, 0.1) is 0 Å². The van der Waals surface area contributed by atoms with Gasteiger partial charge in [-0.05, 0) is 13.3 Å². The van der Waals surface area contributed by atoms with Crippen molar-refractivity contribution in [2.24, 2.45) is 0 Å². The van der Waals surface area contributed by atoms with E-state index in [1.165, 1.54) is 6.92 Å². The lowest BCUT2D eigenvalue weighted by Crippen LogP contribution is -2.40. The molecule has 0 spiro atoms. The van der Waals surface area contributed by atoms with Gasteiger partial charge in [-0.15, -0.1) is 0 Å². The number of ketones is 1. The molecule has 0 saturated carbocycles. The van der Waals surface area contributed by atoms with Gasteiger partial charge in [-0.3, -0.25) is 9.59 Å². The Morgan fingerprint density at radius 1 is 1.52 bits per heavy atom. The first-order chi connectivity index (χ1) is 10.1. The van der Waals surface area contributed by atoms with Crippen LogP contribution in [0.2, 0.25) is 0 Å². The van der Waals surface area contributed by atoms with Crippen molar-refractivity contribution in [1.82, 2.24) is 9.97 Å². The molecule has 1 unspecified atom stereocenters. The standard InChI is InChI=1S/C13H19N5O3/c1-3-4-5-21-13-16-11(14)10-12(17-13)18(6-8(2)20)9(7-19)15-10/h7,9,15H,3-6H2,1-2H3,(H2,14,16,17). The molecular weight excluding hydrogens is 274 g/mol. The van der Waals surface area contributed by atoms with Gasteiger partial charge in [-0.25, -0.2) is 0 Å². The number of rotatable bonds is 7. The minimum absolute atomic E-state index is 0.0637. The van der Waals surface area contributed by atoms with E-state index in [1.54, 1.807) is 4.90 Å². The Kier molecular flexibility index (Phi) is 4.56. The second kappa shape index (κ2) is 6.38. The molecule has 1 aromatic rings. The van der Waals surface area contributed by atoms with Gasteiger partial charge in [0.1, 0.15) is 11.5 Å². The van der Waals surface area contributed by atoms with Crippen LogP contribution in [0.5, 0.6) is 6.01 Å². The highest BCUT2D eigenvalue weighted by molar-refractivity contribution is 5.92. The number of anilines is 3. The Morgan fingerprint density at radius 3 is 2.90 bits per heavy atom. The van der Waals surface area contributed by atoms with Crippen LogP contribution in [0.4, 0.5) is 17.3 Å². The van der Waals surface area contributed by atoms with Gasteiger partial charge in [0.2, 0.25) is 0 Å². The maximum absolute atomic E-state index is 11.4. The van der Waals surface area contributed by atoms with E-state index >= 15 is 0 Å². The summed E-state index contributed by atoms with van der Waals surface area (Å²) >= 11 is 0. The molecule has 0 bridgehead atoms. The number of nitrogen functional groups attached to an aromatic ring is 1. The number of unbranched alkanes of at least 4 members (excludes halogenated alkanes) is 1. The van der Waals surface area contributed by atoms with Crippen molar-refractivity contribution in [2.75, 3.05) is 29.1 Å². The average molecular weight is 293 g/mol. The Balaban J connectivity index is 2.29. The van der Waals surface area contributed by atoms with Crippen molar-refractivity contribution >= 4 is 29.4 Å². The number of nitrogens with one attached hydrogen (secondary N) is 1. The second-order valence-corrected chi connectivity index (χ2v) is 4.85. The zero-order chi connectivity index (χ0) is 15.4. The third kappa shape index (κ3) is 3.21. The van der Waals surface area contributed by atoms with E-state index in [0.29, 0.717) is 24.4 Å². The highest BCUT2D eigenvalue weighted by Gasteiger charge is 2.33. The van der Waals surface area contributed by atoms with Gasteiger partial charge in [0.05, 0.1) is 13.2 Å². The van der Waals surface area contributed by atoms with E-state index in [2.05, 4.69) is 22.2 Å². The highest BCUT2D eigenvalue weighted by atomic mass is 16.5. The first-order valence-electron chi connectivity index (χ1n) is 6.85. The van der Waals surface area contributed by atoms with Gasteiger partial charge in [0, 0.05) is 0 Å². The Bertz CT molecular complexity index is 549. The number of ether oxygens (including phenoxy) is 1. The van der Waals surface area contributed by atoms with Gasteiger partial charge < -0.3 is 20.7 Å². The maximum Gasteiger partial charge on any atom is 0.320 e. The maximum atomic E-state index is 11.4. The summed E-state index contributed by atoms with van der Waals surface area (Å²) in [6, 6.07) is 0.154. The van der Waals surface area contributed by atoms with Crippen molar-refractivity contribution in [3.05, 3.63) is 0 Å². The van der Waals surface area contributed by atoms with E-state index in [4.69, 9.17) is 10.5 Å². The van der Waals surface area contributed by atoms with Gasteiger partial charge in [-0.2, -0.15) is 9.97 Å². The molecule has 0 aliphatic carbocycles. The van der Waals surface area contributed by atoms with Gasteiger partial charge in [0.25, 0.3) is 0 Å². The molecule has 8 heteroatoms. The van der Waals surface area contributed by atoms with Crippen molar-refractivity contribution < 1.29 is 14.3 Å². The fourth-order valence-corrected chi connectivity index (χ4v) is 2.04. The molecule has 0 saturated heterocycles. The molecule has 21 heavy (non-hydrogen) atoms. The molecule has 1 aromatic heterocycles. The van der Waals surface area contributed by atoms with E-state index in [9.17, 15) is 9.59 Å². The number of Topliss-reactive ketones (excluding diaryl/α,β-unsaturated/α-hetero) is 1. The monoisotopic (exact) mass is 293 g/mol. The van der Waals surface area contributed by atoms with Gasteiger partial charge >= 0.3 is 6.01 Å². The predicted molar refractivity (Wildman–Crippen MR) is 78.3 cm³/mol. The van der Waals surface area contributed by atoms with Gasteiger partial charge in [-0.1, -0.05) is 13.3 Å². The number of nitrogens with zero attached hydrogens (tertiary/aromatic N) is 3. The molecule has 0 fully saturated rings. The molecule has 8 nitrogen and oxygen atoms in total. The van der Waals surface area contributed by atoms with Crippen LogP contribution in [0.1, 0.15) is 26.7 Å². The lowest BCUT2D eigenvalue weighted by Gasteiger charge is -2.20. The number of hydrogen-bond donors (Lipinski definition) is 2. The van der Waals surface area contributed by atoms with Crippen molar-refractivity contribution in [1.29, 1.82) is 0 Å². The van der Waals surface area contributed by atoms with E-state index in [1.807, 2.05) is 0 Å². The minimum Gasteiger partial charge on any atom is -0.463 e. The number of hydrogen-bond acceptors (Lipinski definition) is 8. The van der Waals surface area contributed by atoms with Crippen LogP contribution < -0.4 is 20.7 Å². The third-order valence-corrected chi connectivity index (χ3v) is 3.05. The number of aromatic nitrogens is 2. The highest BCUT2D eigenvalue weighted by Crippen LogP contribution is 2.37. The molecule has 3 N–H and O–H groups in total. The number of nitrogens with two attached hydrogens (primary N) is 1. The molecule has 114 valence electrons. The van der Waals surface area contributed by atoms with Crippen LogP contribution in [0.15, 0.2) is 0 Å². The molecule has 1 atom stereocenters. The van der Waals surface area contributed by atoms with Crippen LogP contribution >= 0.6 is 0 Å². The smallest absolute Gasteiger partial charge is 0.320 e. The molecule has 1 aliphatic rings. The molecule has 0 aromatic carbocycles. The number of aldehydes is 1. The first-order valence-corrected chi connectivity index (χ1v) is 6.85. The normalized spacial score (nSPS) is 16.3. The lowest BCUT2D eigenvalue weighted by molar-refractivity contribution is -0.115. The van der Waals surface area contributed by atoms with Crippen molar-refractivity contribution in [3.8, 4) is 6.01 Å². The second-order valence-electron chi connectivity index (χ2n) is 4.85. The summed E-state index contributed by atoms with van der Waals surface area (Å²) in [5.74, 6) is 0.535. The summed E-state index contributed by atoms with van der Waals surface area (Å²) in [6.45, 7) is 4.05. The zero-order valence-electron chi connectivity index (χ0n) is 12.1. The predicted octanol–water partition coefficient (Wildman–Crippen LogP) is 0.584. The lowest BCUT2D eigenvalue weighted by atomic mass is 10.3. The Morgan fingerprint density at radius 2 is 2.29 bits per heavy atom. The summed E-state index contributed by atoms with van der Waals surface area (Å²) in [4.78, 5) is 32.4. The topological polar surface area (TPSA) is 110 Å². The Hall–Kier alpha value is -2.38. The van der Waals surface area contributed by atoms with Crippen molar-refractivity contribution in [2.45, 2.75) is 32.9 Å². The number of carbonyl (C=O) groups is 2. The summed E-state index contributed by atoms with van der Waals surface area (Å²) in [6.07, 6.45) is 1.89. The first kappa shape index (κ1) is 15.0. The summed E-state index contributed by atoms with van der Waals surface area (Å²) in [5, 5.41) is 2.90. The van der Waals surface area contributed by atoms with E-state index < -0.39 is 6.17 Å². The fraction of sp³-hybridized carbons (Fsp3) is 0.538. The van der Waals surface area contributed by atoms with E-state index in [-0.39, 0.29) is 24.2 Å². The van der Waals surface area contributed by atoms with Crippen LogP contribution in [-0.2, 0) is 9.59 Å². The largest absolute Gasteiger partial charge is 0.463 e. The SMILES string of the molecule is CCCCOc1nc(N)c2c(n1)N(CC(C)=O)C(C=O)N2. The number of carbonyl (C=O) groups excluding carboxylic acids is 2. The molecule has 1 aliphatic heterocycles. The van der Waals surface area contributed by atoms with Crippen molar-refractivity contribution in [3.63, 3.8) is 0 Å². The molecule has 2 heterocycles. The van der Waals surface area contributed by atoms with Crippen LogP contribution in [0.25, 0.3) is 0 Å².